The predicted octanol–water partition coefficient (Wildman–Crippen LogP) is 2.61. The van der Waals surface area contributed by atoms with Gasteiger partial charge in [0.2, 0.25) is 11.8 Å². The molecule has 0 saturated carbocycles. The monoisotopic (exact) mass is 363 g/mol. The highest BCUT2D eigenvalue weighted by atomic mass is 16.2. The fourth-order valence-electron chi connectivity index (χ4n) is 5.10. The molecule has 0 aromatic heterocycles. The van der Waals surface area contributed by atoms with E-state index < -0.39 is 0 Å². The van der Waals surface area contributed by atoms with Gasteiger partial charge >= 0.3 is 0 Å². The van der Waals surface area contributed by atoms with Gasteiger partial charge in [0, 0.05) is 38.5 Å². The van der Waals surface area contributed by atoms with Crippen LogP contribution in [0.15, 0.2) is 0 Å². The molecule has 0 aromatic carbocycles. The van der Waals surface area contributed by atoms with E-state index in [-0.39, 0.29) is 5.92 Å². The van der Waals surface area contributed by atoms with Crippen molar-refractivity contribution in [2.45, 2.75) is 58.3 Å². The van der Waals surface area contributed by atoms with E-state index in [1.165, 1.54) is 0 Å². The Labute approximate surface area is 159 Å². The van der Waals surface area contributed by atoms with Gasteiger partial charge in [-0.1, -0.05) is 6.92 Å². The molecule has 0 atom stereocenters. The van der Waals surface area contributed by atoms with Crippen molar-refractivity contribution in [1.29, 1.82) is 0 Å². The minimum atomic E-state index is 0.260. The summed E-state index contributed by atoms with van der Waals surface area (Å²) < 4.78 is 0. The SMILES string of the molecule is CCCC(=O)N1CCC(C2CCN(C(=O)C3CCN(C)CC3)CC2)CC1. The second-order valence-electron chi connectivity index (χ2n) is 8.71. The molecule has 0 aliphatic carbocycles. The molecule has 3 fully saturated rings. The Kier molecular flexibility index (Phi) is 6.96. The molecule has 0 spiro atoms. The molecule has 26 heavy (non-hydrogen) atoms. The van der Waals surface area contributed by atoms with Crippen molar-refractivity contribution >= 4 is 11.8 Å². The summed E-state index contributed by atoms with van der Waals surface area (Å²) in [5.74, 6) is 2.51. The van der Waals surface area contributed by atoms with Gasteiger partial charge in [-0.25, -0.2) is 0 Å². The van der Waals surface area contributed by atoms with Gasteiger partial charge in [0.1, 0.15) is 0 Å². The van der Waals surface area contributed by atoms with E-state index in [1.54, 1.807) is 0 Å². The van der Waals surface area contributed by atoms with E-state index in [0.29, 0.717) is 18.2 Å². The summed E-state index contributed by atoms with van der Waals surface area (Å²) in [7, 11) is 2.15. The van der Waals surface area contributed by atoms with Crippen LogP contribution in [-0.2, 0) is 9.59 Å². The zero-order valence-electron chi connectivity index (χ0n) is 16.8. The first-order chi connectivity index (χ1) is 12.6. The van der Waals surface area contributed by atoms with E-state index in [9.17, 15) is 9.59 Å². The number of rotatable bonds is 4. The number of hydrogen-bond acceptors (Lipinski definition) is 3. The van der Waals surface area contributed by atoms with Crippen LogP contribution < -0.4 is 0 Å². The van der Waals surface area contributed by atoms with Crippen LogP contribution >= 0.6 is 0 Å². The van der Waals surface area contributed by atoms with Crippen molar-refractivity contribution in [3.05, 3.63) is 0 Å². The molecule has 5 nitrogen and oxygen atoms in total. The van der Waals surface area contributed by atoms with Gasteiger partial charge in [0.25, 0.3) is 0 Å². The molecule has 0 N–H and O–H groups in total. The maximum atomic E-state index is 12.8. The zero-order chi connectivity index (χ0) is 18.5. The average molecular weight is 364 g/mol. The molecule has 3 aliphatic rings. The van der Waals surface area contributed by atoms with E-state index in [0.717, 1.165) is 96.1 Å². The summed E-state index contributed by atoms with van der Waals surface area (Å²) in [6, 6.07) is 0. The van der Waals surface area contributed by atoms with Gasteiger partial charge in [0.15, 0.2) is 0 Å². The van der Waals surface area contributed by atoms with Gasteiger partial charge in [-0.3, -0.25) is 9.59 Å². The molecule has 0 bridgehead atoms. The van der Waals surface area contributed by atoms with Crippen LogP contribution in [-0.4, -0.2) is 72.8 Å². The Morgan fingerprint density at radius 2 is 1.27 bits per heavy atom. The number of hydrogen-bond donors (Lipinski definition) is 0. The van der Waals surface area contributed by atoms with Crippen LogP contribution in [0.1, 0.15) is 58.3 Å². The predicted molar refractivity (Wildman–Crippen MR) is 104 cm³/mol. The number of piperidine rings is 3. The van der Waals surface area contributed by atoms with E-state index in [1.807, 2.05) is 0 Å². The lowest BCUT2D eigenvalue weighted by Crippen LogP contribution is -2.47. The summed E-state index contributed by atoms with van der Waals surface area (Å²) >= 11 is 0. The third kappa shape index (κ3) is 4.79. The Morgan fingerprint density at radius 1 is 0.769 bits per heavy atom. The minimum absolute atomic E-state index is 0.260. The highest BCUT2D eigenvalue weighted by Gasteiger charge is 2.34. The molecule has 2 amide bonds. The summed E-state index contributed by atoms with van der Waals surface area (Å²) in [5, 5.41) is 0. The topological polar surface area (TPSA) is 43.9 Å². The molecule has 0 unspecified atom stereocenters. The molecule has 5 heteroatoms. The summed E-state index contributed by atoms with van der Waals surface area (Å²) in [6.45, 7) is 7.97. The molecule has 148 valence electrons. The van der Waals surface area contributed by atoms with Gasteiger partial charge in [-0.2, -0.15) is 0 Å². The van der Waals surface area contributed by atoms with Gasteiger partial charge in [-0.15, -0.1) is 0 Å². The summed E-state index contributed by atoms with van der Waals surface area (Å²) in [5.41, 5.74) is 0. The smallest absolute Gasteiger partial charge is 0.225 e. The largest absolute Gasteiger partial charge is 0.343 e. The molecule has 3 heterocycles. The van der Waals surface area contributed by atoms with Crippen LogP contribution in [0.25, 0.3) is 0 Å². The van der Waals surface area contributed by atoms with Crippen molar-refractivity contribution in [2.75, 3.05) is 46.3 Å². The number of carbonyl (C=O) groups is 2. The number of likely N-dealkylation sites (tertiary alicyclic amines) is 3. The maximum Gasteiger partial charge on any atom is 0.225 e. The third-order valence-electron chi connectivity index (χ3n) is 6.94. The fraction of sp³-hybridized carbons (Fsp3) is 0.905. The van der Waals surface area contributed by atoms with Crippen molar-refractivity contribution < 1.29 is 9.59 Å². The summed E-state index contributed by atoms with van der Waals surface area (Å²) in [6.07, 6.45) is 8.33. The lowest BCUT2D eigenvalue weighted by molar-refractivity contribution is -0.139. The Hall–Kier alpha value is -1.10. The lowest BCUT2D eigenvalue weighted by Gasteiger charge is -2.41. The van der Waals surface area contributed by atoms with Crippen LogP contribution in [0.2, 0.25) is 0 Å². The van der Waals surface area contributed by atoms with Crippen molar-refractivity contribution in [2.24, 2.45) is 17.8 Å². The Balaban J connectivity index is 1.40. The highest BCUT2D eigenvalue weighted by molar-refractivity contribution is 5.79. The molecule has 3 aliphatic heterocycles. The minimum Gasteiger partial charge on any atom is -0.343 e. The quantitative estimate of drug-likeness (QED) is 0.771. The zero-order valence-corrected chi connectivity index (χ0v) is 16.8. The molecule has 0 radical (unpaired) electrons. The number of nitrogens with zero attached hydrogens (tertiary/aromatic N) is 3. The van der Waals surface area contributed by atoms with E-state index in [2.05, 4.69) is 28.7 Å². The Bertz CT molecular complexity index is 472. The van der Waals surface area contributed by atoms with Gasteiger partial charge in [0.05, 0.1) is 0 Å². The molecule has 3 rings (SSSR count). The number of carbonyl (C=O) groups excluding carboxylic acids is 2. The fourth-order valence-corrected chi connectivity index (χ4v) is 5.10. The number of amides is 2. The van der Waals surface area contributed by atoms with Crippen LogP contribution in [0.3, 0.4) is 0 Å². The third-order valence-corrected chi connectivity index (χ3v) is 6.94. The normalized spacial score (nSPS) is 24.8. The highest BCUT2D eigenvalue weighted by Crippen LogP contribution is 2.33. The van der Waals surface area contributed by atoms with E-state index in [4.69, 9.17) is 0 Å². The first-order valence-electron chi connectivity index (χ1n) is 10.8. The standard InChI is InChI=1S/C21H37N3O2/c1-3-4-20(25)23-13-7-17(8-14-23)18-9-15-24(16-10-18)21(26)19-5-11-22(2)12-6-19/h17-19H,3-16H2,1-2H3. The van der Waals surface area contributed by atoms with Crippen LogP contribution in [0, 0.1) is 17.8 Å². The molecular formula is C21H37N3O2. The first-order valence-corrected chi connectivity index (χ1v) is 10.8. The van der Waals surface area contributed by atoms with Crippen LogP contribution in [0.5, 0.6) is 0 Å². The van der Waals surface area contributed by atoms with Crippen molar-refractivity contribution in [1.82, 2.24) is 14.7 Å². The molecule has 3 saturated heterocycles. The second-order valence-corrected chi connectivity index (χ2v) is 8.71. The average Bonchev–Trinajstić information content (AvgIpc) is 2.68. The van der Waals surface area contributed by atoms with Gasteiger partial charge in [-0.05, 0) is 76.9 Å². The lowest BCUT2D eigenvalue weighted by atomic mass is 9.78. The van der Waals surface area contributed by atoms with Crippen molar-refractivity contribution in [3.8, 4) is 0 Å². The molecule has 0 aromatic rings. The van der Waals surface area contributed by atoms with E-state index >= 15 is 0 Å². The van der Waals surface area contributed by atoms with Crippen LogP contribution in [0.4, 0.5) is 0 Å². The summed E-state index contributed by atoms with van der Waals surface area (Å²) in [4.78, 5) is 31.4. The van der Waals surface area contributed by atoms with Crippen molar-refractivity contribution in [3.63, 3.8) is 0 Å². The second kappa shape index (κ2) is 9.20. The first kappa shape index (κ1) is 19.7. The maximum absolute atomic E-state index is 12.8. The van der Waals surface area contributed by atoms with Gasteiger partial charge < -0.3 is 14.7 Å². The molecular weight excluding hydrogens is 326 g/mol. The Morgan fingerprint density at radius 3 is 1.77 bits per heavy atom.